The average molecular weight is 546 g/mol. The highest BCUT2D eigenvalue weighted by atomic mass is 32.1. The zero-order valence-corrected chi connectivity index (χ0v) is 24.1. The van der Waals surface area contributed by atoms with Crippen LogP contribution in [0.25, 0.3) is 21.3 Å². The molecule has 9 heteroatoms. The van der Waals surface area contributed by atoms with E-state index in [1.807, 2.05) is 53.9 Å². The monoisotopic (exact) mass is 545 g/mol. The topological polar surface area (TPSA) is 86.8 Å². The Morgan fingerprint density at radius 2 is 1.74 bits per heavy atom. The van der Waals surface area contributed by atoms with Gasteiger partial charge in [-0.3, -0.25) is 15.1 Å². The second kappa shape index (κ2) is 11.8. The van der Waals surface area contributed by atoms with E-state index < -0.39 is 11.7 Å². The Morgan fingerprint density at radius 3 is 2.44 bits per heavy atom. The van der Waals surface area contributed by atoms with Gasteiger partial charge in [0.15, 0.2) is 0 Å². The molecule has 2 amide bonds. The molecule has 0 saturated heterocycles. The molecule has 0 atom stereocenters. The van der Waals surface area contributed by atoms with E-state index in [0.717, 1.165) is 40.1 Å². The van der Waals surface area contributed by atoms with Crippen LogP contribution in [0, 0.1) is 0 Å². The summed E-state index contributed by atoms with van der Waals surface area (Å²) in [6.45, 7) is 7.23. The van der Waals surface area contributed by atoms with Gasteiger partial charge in [-0.15, -0.1) is 11.3 Å². The van der Waals surface area contributed by atoms with Gasteiger partial charge >= 0.3 is 6.09 Å². The molecule has 0 radical (unpaired) electrons. The summed E-state index contributed by atoms with van der Waals surface area (Å²) in [7, 11) is 6.16. The van der Waals surface area contributed by atoms with Crippen molar-refractivity contribution in [3.63, 3.8) is 0 Å². The second-order valence-electron chi connectivity index (χ2n) is 10.6. The number of rotatable bonds is 8. The second-order valence-corrected chi connectivity index (χ2v) is 11.6. The predicted molar refractivity (Wildman–Crippen MR) is 161 cm³/mol. The lowest BCUT2D eigenvalue weighted by atomic mass is 10.1. The van der Waals surface area contributed by atoms with Gasteiger partial charge in [0.2, 0.25) is 0 Å². The molecule has 2 heterocycles. The standard InChI is InChI=1S/C30H35N5O3S/c1-30(2,3)38-29(37)33-24-12-10-21(27-8-7-15-39-27)17-26(24)32-28(36)22-16-20-9-11-23(18-25(20)31-19-22)35(6)14-13-34(4)5/h7-12,15-19H,13-14H2,1-6H3,(H,32,36)(H,33,37). The van der Waals surface area contributed by atoms with Crippen LogP contribution in [0.15, 0.2) is 66.2 Å². The van der Waals surface area contributed by atoms with E-state index in [1.165, 1.54) is 0 Å². The molecule has 4 aromatic rings. The summed E-state index contributed by atoms with van der Waals surface area (Å²) in [6.07, 6.45) is 0.978. The fraction of sp³-hybridized carbons (Fsp3) is 0.300. The van der Waals surface area contributed by atoms with E-state index in [9.17, 15) is 9.59 Å². The quantitative estimate of drug-likeness (QED) is 0.261. The van der Waals surface area contributed by atoms with Gasteiger partial charge in [-0.2, -0.15) is 0 Å². The largest absolute Gasteiger partial charge is 0.444 e. The summed E-state index contributed by atoms with van der Waals surface area (Å²) < 4.78 is 5.41. The first-order chi connectivity index (χ1) is 18.5. The van der Waals surface area contributed by atoms with Crippen molar-refractivity contribution in [3.05, 3.63) is 71.7 Å². The molecule has 2 aromatic carbocycles. The van der Waals surface area contributed by atoms with E-state index in [4.69, 9.17) is 4.74 Å². The number of anilines is 3. The van der Waals surface area contributed by atoms with Crippen LogP contribution in [0.4, 0.5) is 21.9 Å². The lowest BCUT2D eigenvalue weighted by Gasteiger charge is -2.22. The third-order valence-corrected chi connectivity index (χ3v) is 6.88. The van der Waals surface area contributed by atoms with Crippen molar-refractivity contribution in [2.45, 2.75) is 26.4 Å². The number of thiophene rings is 1. The van der Waals surface area contributed by atoms with Crippen LogP contribution in [0.3, 0.4) is 0 Å². The minimum absolute atomic E-state index is 0.327. The molecule has 0 aliphatic heterocycles. The number of fused-ring (bicyclic) bond motifs is 1. The third-order valence-electron chi connectivity index (χ3n) is 5.96. The van der Waals surface area contributed by atoms with Crippen LogP contribution in [0.1, 0.15) is 31.1 Å². The van der Waals surface area contributed by atoms with Gasteiger partial charge in [-0.25, -0.2) is 4.79 Å². The van der Waals surface area contributed by atoms with E-state index in [2.05, 4.69) is 46.6 Å². The van der Waals surface area contributed by atoms with Gasteiger partial charge in [0.25, 0.3) is 5.91 Å². The maximum Gasteiger partial charge on any atom is 0.412 e. The van der Waals surface area contributed by atoms with Gasteiger partial charge in [0, 0.05) is 42.3 Å². The summed E-state index contributed by atoms with van der Waals surface area (Å²) >= 11 is 1.60. The molecule has 0 saturated carbocycles. The fourth-order valence-electron chi connectivity index (χ4n) is 3.91. The maximum atomic E-state index is 13.3. The number of amides is 2. The molecule has 0 unspecified atom stereocenters. The summed E-state index contributed by atoms with van der Waals surface area (Å²) in [5, 5.41) is 8.59. The van der Waals surface area contributed by atoms with E-state index in [0.29, 0.717) is 16.9 Å². The minimum atomic E-state index is -0.651. The lowest BCUT2D eigenvalue weighted by molar-refractivity contribution is 0.0635. The Balaban J connectivity index is 1.58. The Kier molecular flexibility index (Phi) is 8.52. The molecule has 0 aliphatic carbocycles. The van der Waals surface area contributed by atoms with Crippen molar-refractivity contribution in [2.24, 2.45) is 0 Å². The van der Waals surface area contributed by atoms with Crippen molar-refractivity contribution in [3.8, 4) is 10.4 Å². The minimum Gasteiger partial charge on any atom is -0.444 e. The number of aromatic nitrogens is 1. The number of carbonyl (C=O) groups is 2. The van der Waals surface area contributed by atoms with Crippen molar-refractivity contribution in [1.82, 2.24) is 9.88 Å². The molecule has 2 N–H and O–H groups in total. The molecule has 0 spiro atoms. The Bertz CT molecular complexity index is 1460. The van der Waals surface area contributed by atoms with Crippen LogP contribution in [-0.4, -0.2) is 61.7 Å². The molecule has 2 aromatic heterocycles. The van der Waals surface area contributed by atoms with Crippen LogP contribution in [0.5, 0.6) is 0 Å². The number of carbonyl (C=O) groups excluding carboxylic acids is 2. The number of nitrogens with one attached hydrogen (secondary N) is 2. The van der Waals surface area contributed by atoms with Crippen molar-refractivity contribution in [1.29, 1.82) is 0 Å². The van der Waals surface area contributed by atoms with Crippen molar-refractivity contribution >= 4 is 51.3 Å². The molecule has 4 rings (SSSR count). The zero-order valence-electron chi connectivity index (χ0n) is 23.2. The molecular weight excluding hydrogens is 510 g/mol. The van der Waals surface area contributed by atoms with Crippen LogP contribution < -0.4 is 15.5 Å². The molecule has 8 nitrogen and oxygen atoms in total. The maximum absolute atomic E-state index is 13.3. The van der Waals surface area contributed by atoms with Crippen LogP contribution in [-0.2, 0) is 4.74 Å². The number of hydrogen-bond acceptors (Lipinski definition) is 7. The molecule has 0 bridgehead atoms. The number of ether oxygens (including phenoxy) is 1. The Morgan fingerprint density at radius 1 is 0.949 bits per heavy atom. The number of pyridine rings is 1. The van der Waals surface area contributed by atoms with Gasteiger partial charge in [-0.05, 0) is 82.2 Å². The molecule has 39 heavy (non-hydrogen) atoms. The first-order valence-corrected chi connectivity index (χ1v) is 13.6. The highest BCUT2D eigenvalue weighted by Crippen LogP contribution is 2.32. The van der Waals surface area contributed by atoms with Crippen molar-refractivity contribution < 1.29 is 14.3 Å². The third kappa shape index (κ3) is 7.55. The Hall–Kier alpha value is -3.95. The van der Waals surface area contributed by atoms with Crippen LogP contribution >= 0.6 is 11.3 Å². The number of benzene rings is 2. The highest BCUT2D eigenvalue weighted by Gasteiger charge is 2.19. The SMILES string of the molecule is CN(C)CCN(C)c1ccc2cc(C(=O)Nc3cc(-c4cccs4)ccc3NC(=O)OC(C)(C)C)cnc2c1. The first kappa shape index (κ1) is 28.1. The zero-order chi connectivity index (χ0) is 28.2. The molecular formula is C30H35N5O3S. The van der Waals surface area contributed by atoms with E-state index >= 15 is 0 Å². The smallest absolute Gasteiger partial charge is 0.412 e. The average Bonchev–Trinajstić information content (AvgIpc) is 3.41. The summed E-state index contributed by atoms with van der Waals surface area (Å²) in [6, 6.07) is 17.4. The van der Waals surface area contributed by atoms with Gasteiger partial charge in [0.1, 0.15) is 5.60 Å². The summed E-state index contributed by atoms with van der Waals surface area (Å²) in [5.41, 5.74) is 3.48. The first-order valence-electron chi connectivity index (χ1n) is 12.7. The van der Waals surface area contributed by atoms with Gasteiger partial charge in [-0.1, -0.05) is 18.2 Å². The molecule has 204 valence electrons. The van der Waals surface area contributed by atoms with Gasteiger partial charge < -0.3 is 19.9 Å². The van der Waals surface area contributed by atoms with E-state index in [1.54, 1.807) is 44.4 Å². The molecule has 0 aliphatic rings. The predicted octanol–water partition coefficient (Wildman–Crippen LogP) is 6.56. The fourth-order valence-corrected chi connectivity index (χ4v) is 4.64. The van der Waals surface area contributed by atoms with Crippen LogP contribution in [0.2, 0.25) is 0 Å². The normalized spacial score (nSPS) is 11.5. The van der Waals surface area contributed by atoms with Crippen molar-refractivity contribution in [2.75, 3.05) is 49.8 Å². The number of likely N-dealkylation sites (N-methyl/N-ethyl adjacent to an activating group) is 2. The Labute approximate surface area is 233 Å². The highest BCUT2D eigenvalue weighted by molar-refractivity contribution is 7.13. The van der Waals surface area contributed by atoms with Gasteiger partial charge in [0.05, 0.1) is 22.5 Å². The van der Waals surface area contributed by atoms with E-state index in [-0.39, 0.29) is 5.91 Å². The number of nitrogens with zero attached hydrogens (tertiary/aromatic N) is 3. The molecule has 0 fully saturated rings. The summed E-state index contributed by atoms with van der Waals surface area (Å²) in [5.74, 6) is -0.327. The lowest BCUT2D eigenvalue weighted by Crippen LogP contribution is -2.28. The number of hydrogen-bond donors (Lipinski definition) is 2. The summed E-state index contributed by atoms with van der Waals surface area (Å²) in [4.78, 5) is 35.8.